The quantitative estimate of drug-likeness (QED) is 0.497. The number of hydrogen-bond donors (Lipinski definition) is 2. The number of nitrogens with zero attached hydrogens (tertiary/aromatic N) is 1. The average Bonchev–Trinajstić information content (AvgIpc) is 2.72. The van der Waals surface area contributed by atoms with Gasteiger partial charge in [0.1, 0.15) is 0 Å². The van der Waals surface area contributed by atoms with Gasteiger partial charge >= 0.3 is 0 Å². The molecule has 5 heteroatoms. The van der Waals surface area contributed by atoms with Gasteiger partial charge in [-0.3, -0.25) is 14.9 Å². The van der Waals surface area contributed by atoms with Gasteiger partial charge in [0.25, 0.3) is 0 Å². The summed E-state index contributed by atoms with van der Waals surface area (Å²) in [4.78, 5) is 25.2. The lowest BCUT2D eigenvalue weighted by atomic mass is 9.89. The first-order valence-electron chi connectivity index (χ1n) is 5.67. The molecule has 1 rings (SSSR count). The fraction of sp³-hybridized carbons (Fsp3) is 0.667. The summed E-state index contributed by atoms with van der Waals surface area (Å²) in [5.74, 6) is 2.39. The van der Waals surface area contributed by atoms with Crippen molar-refractivity contribution in [2.75, 3.05) is 33.2 Å². The molecule has 5 nitrogen and oxygen atoms in total. The van der Waals surface area contributed by atoms with E-state index in [1.165, 1.54) is 0 Å². The van der Waals surface area contributed by atoms with Crippen molar-refractivity contribution in [3.05, 3.63) is 0 Å². The summed E-state index contributed by atoms with van der Waals surface area (Å²) in [7, 11) is 1.62. The molecule has 1 fully saturated rings. The van der Waals surface area contributed by atoms with Crippen LogP contribution in [-0.2, 0) is 9.59 Å². The number of carbonyl (C=O) groups is 2. The maximum Gasteiger partial charge on any atom is 0.236 e. The molecule has 1 saturated heterocycles. The zero-order valence-corrected chi connectivity index (χ0v) is 10.4. The highest BCUT2D eigenvalue weighted by atomic mass is 16.2. The molecule has 0 spiro atoms. The van der Waals surface area contributed by atoms with Gasteiger partial charge in [-0.1, -0.05) is 5.92 Å². The van der Waals surface area contributed by atoms with Crippen molar-refractivity contribution in [3.8, 4) is 12.3 Å². The zero-order chi connectivity index (χ0) is 12.9. The molecule has 1 unspecified atom stereocenters. The largest absolute Gasteiger partial charge is 0.359 e. The fourth-order valence-electron chi connectivity index (χ4n) is 2.01. The van der Waals surface area contributed by atoms with Crippen molar-refractivity contribution in [2.24, 2.45) is 5.41 Å². The minimum atomic E-state index is -0.462. The van der Waals surface area contributed by atoms with Crippen LogP contribution >= 0.6 is 0 Å². The van der Waals surface area contributed by atoms with Gasteiger partial charge in [0.15, 0.2) is 0 Å². The number of nitrogens with one attached hydrogen (secondary N) is 2. The van der Waals surface area contributed by atoms with Crippen molar-refractivity contribution >= 4 is 11.8 Å². The Morgan fingerprint density at radius 1 is 1.53 bits per heavy atom. The van der Waals surface area contributed by atoms with Gasteiger partial charge in [0.05, 0.1) is 18.5 Å². The molecule has 0 aliphatic carbocycles. The molecule has 2 amide bonds. The fourth-order valence-corrected chi connectivity index (χ4v) is 2.01. The predicted molar refractivity (Wildman–Crippen MR) is 65.1 cm³/mol. The number of hydrogen-bond acceptors (Lipinski definition) is 3. The molecule has 2 N–H and O–H groups in total. The number of terminal acetylenes is 1. The van der Waals surface area contributed by atoms with Crippen molar-refractivity contribution < 1.29 is 9.59 Å². The van der Waals surface area contributed by atoms with Crippen molar-refractivity contribution in [3.63, 3.8) is 0 Å². The van der Waals surface area contributed by atoms with Crippen molar-refractivity contribution in [2.45, 2.75) is 13.3 Å². The maximum atomic E-state index is 11.8. The van der Waals surface area contributed by atoms with Gasteiger partial charge in [-0.2, -0.15) is 0 Å². The van der Waals surface area contributed by atoms with Crippen LogP contribution in [0.25, 0.3) is 0 Å². The minimum Gasteiger partial charge on any atom is -0.359 e. The van der Waals surface area contributed by atoms with E-state index in [4.69, 9.17) is 6.42 Å². The summed E-state index contributed by atoms with van der Waals surface area (Å²) < 4.78 is 0. The second-order valence-electron chi connectivity index (χ2n) is 4.51. The van der Waals surface area contributed by atoms with E-state index in [9.17, 15) is 9.59 Å². The molecule has 0 aromatic carbocycles. The molecule has 0 bridgehead atoms. The van der Waals surface area contributed by atoms with Crippen LogP contribution in [0.15, 0.2) is 0 Å². The van der Waals surface area contributed by atoms with Crippen LogP contribution in [0.2, 0.25) is 0 Å². The maximum absolute atomic E-state index is 11.8. The summed E-state index contributed by atoms with van der Waals surface area (Å²) in [5.41, 5.74) is -0.462. The van der Waals surface area contributed by atoms with Crippen LogP contribution < -0.4 is 10.6 Å². The lowest BCUT2D eigenvalue weighted by Crippen LogP contribution is -2.42. The van der Waals surface area contributed by atoms with E-state index in [2.05, 4.69) is 16.6 Å². The minimum absolute atomic E-state index is 0.00659. The zero-order valence-electron chi connectivity index (χ0n) is 10.4. The standard InChI is InChI=1S/C12H19N3O2/c1-4-6-14-8-10(16)15-7-5-12(2,9-15)11(17)13-3/h1,14H,5-9H2,2-3H3,(H,13,17). The highest BCUT2D eigenvalue weighted by molar-refractivity contribution is 5.85. The normalized spacial score (nSPS) is 23.2. The van der Waals surface area contributed by atoms with Crippen LogP contribution in [0.3, 0.4) is 0 Å². The van der Waals surface area contributed by atoms with Gasteiger partial charge in [-0.15, -0.1) is 6.42 Å². The summed E-state index contributed by atoms with van der Waals surface area (Å²) >= 11 is 0. The molecule has 1 aliphatic heterocycles. The van der Waals surface area contributed by atoms with E-state index in [0.717, 1.165) is 0 Å². The Balaban J connectivity index is 2.47. The van der Waals surface area contributed by atoms with Gasteiger partial charge in [-0.25, -0.2) is 0 Å². The van der Waals surface area contributed by atoms with E-state index in [-0.39, 0.29) is 18.4 Å². The monoisotopic (exact) mass is 237 g/mol. The van der Waals surface area contributed by atoms with Crippen LogP contribution in [0, 0.1) is 17.8 Å². The van der Waals surface area contributed by atoms with Gasteiger partial charge in [0, 0.05) is 20.1 Å². The van der Waals surface area contributed by atoms with Crippen molar-refractivity contribution in [1.29, 1.82) is 0 Å². The summed E-state index contributed by atoms with van der Waals surface area (Å²) in [6.45, 7) is 3.60. The Kier molecular flexibility index (Phi) is 4.53. The lowest BCUT2D eigenvalue weighted by Gasteiger charge is -2.22. The Hall–Kier alpha value is -1.54. The molecule has 1 atom stereocenters. The molecular formula is C12H19N3O2. The topological polar surface area (TPSA) is 61.4 Å². The van der Waals surface area contributed by atoms with Gasteiger partial charge in [-0.05, 0) is 13.3 Å². The molecular weight excluding hydrogens is 218 g/mol. The average molecular weight is 237 g/mol. The van der Waals surface area contributed by atoms with Crippen molar-refractivity contribution in [1.82, 2.24) is 15.5 Å². The third-order valence-corrected chi connectivity index (χ3v) is 3.10. The molecule has 0 aromatic rings. The summed E-state index contributed by atoms with van der Waals surface area (Å²) in [6.07, 6.45) is 5.78. The van der Waals surface area contributed by atoms with Crippen LogP contribution in [0.1, 0.15) is 13.3 Å². The van der Waals surface area contributed by atoms with E-state index in [0.29, 0.717) is 26.1 Å². The first kappa shape index (κ1) is 13.5. The second kappa shape index (κ2) is 5.69. The third-order valence-electron chi connectivity index (χ3n) is 3.10. The number of carbonyl (C=O) groups excluding carboxylic acids is 2. The molecule has 94 valence electrons. The number of amides is 2. The molecule has 1 aliphatic rings. The smallest absolute Gasteiger partial charge is 0.236 e. The second-order valence-corrected chi connectivity index (χ2v) is 4.51. The van der Waals surface area contributed by atoms with Gasteiger partial charge < -0.3 is 10.2 Å². The number of likely N-dealkylation sites (tertiary alicyclic amines) is 1. The highest BCUT2D eigenvalue weighted by Crippen LogP contribution is 2.29. The molecule has 0 saturated carbocycles. The van der Waals surface area contributed by atoms with E-state index in [1.54, 1.807) is 11.9 Å². The lowest BCUT2D eigenvalue weighted by molar-refractivity contribution is -0.131. The SMILES string of the molecule is C#CCNCC(=O)N1CCC(C)(C(=O)NC)C1. The molecule has 0 radical (unpaired) electrons. The van der Waals surface area contributed by atoms with E-state index >= 15 is 0 Å². The Bertz CT molecular complexity index is 348. The Morgan fingerprint density at radius 2 is 2.24 bits per heavy atom. The third kappa shape index (κ3) is 3.21. The van der Waals surface area contributed by atoms with E-state index < -0.39 is 5.41 Å². The number of rotatable bonds is 4. The summed E-state index contributed by atoms with van der Waals surface area (Å²) in [6, 6.07) is 0. The molecule has 1 heterocycles. The van der Waals surface area contributed by atoms with Crippen LogP contribution in [0.4, 0.5) is 0 Å². The predicted octanol–water partition coefficient (Wildman–Crippen LogP) is -0.806. The first-order valence-corrected chi connectivity index (χ1v) is 5.67. The van der Waals surface area contributed by atoms with E-state index in [1.807, 2.05) is 6.92 Å². The molecule has 17 heavy (non-hydrogen) atoms. The van der Waals surface area contributed by atoms with Gasteiger partial charge in [0.2, 0.25) is 11.8 Å². The van der Waals surface area contributed by atoms with Crippen LogP contribution in [-0.4, -0.2) is 49.9 Å². The van der Waals surface area contributed by atoms with Crippen LogP contribution in [0.5, 0.6) is 0 Å². The highest BCUT2D eigenvalue weighted by Gasteiger charge is 2.41. The molecule has 0 aromatic heterocycles. The first-order chi connectivity index (χ1) is 8.03. The summed E-state index contributed by atoms with van der Waals surface area (Å²) in [5, 5.41) is 5.49. The Morgan fingerprint density at radius 3 is 2.82 bits per heavy atom. The Labute approximate surface area is 102 Å².